The van der Waals surface area contributed by atoms with Gasteiger partial charge in [0.2, 0.25) is 5.91 Å². The lowest BCUT2D eigenvalue weighted by atomic mass is 10.3. The zero-order valence-corrected chi connectivity index (χ0v) is 19.2. The van der Waals surface area contributed by atoms with E-state index in [0.717, 1.165) is 4.90 Å². The molecule has 0 aliphatic carbocycles. The fourth-order valence-corrected chi connectivity index (χ4v) is 4.25. The van der Waals surface area contributed by atoms with Crippen molar-refractivity contribution >= 4 is 35.1 Å². The largest absolute Gasteiger partial charge is 0.457 e. The number of halogens is 1. The second kappa shape index (κ2) is 10.7. The Labute approximate surface area is 200 Å². The van der Waals surface area contributed by atoms with E-state index in [1.54, 1.807) is 57.7 Å². The van der Waals surface area contributed by atoms with Crippen LogP contribution in [0.3, 0.4) is 0 Å². The van der Waals surface area contributed by atoms with Gasteiger partial charge in [-0.15, -0.1) is 0 Å². The van der Waals surface area contributed by atoms with E-state index < -0.39 is 5.56 Å². The Morgan fingerprint density at radius 2 is 1.70 bits per heavy atom. The van der Waals surface area contributed by atoms with Crippen molar-refractivity contribution in [2.75, 3.05) is 37.2 Å². The van der Waals surface area contributed by atoms with Crippen molar-refractivity contribution in [3.05, 3.63) is 82.2 Å². The molecule has 0 saturated carbocycles. The summed E-state index contributed by atoms with van der Waals surface area (Å²) in [6.07, 6.45) is 1.25. The van der Waals surface area contributed by atoms with Crippen LogP contribution in [0.15, 0.2) is 76.6 Å². The summed E-state index contributed by atoms with van der Waals surface area (Å²) in [7, 11) is 0. The molecule has 0 radical (unpaired) electrons. The first-order valence-corrected chi connectivity index (χ1v) is 11.4. The van der Waals surface area contributed by atoms with Gasteiger partial charge < -0.3 is 19.6 Å². The number of aromatic nitrogens is 1. The molecule has 1 aliphatic heterocycles. The van der Waals surface area contributed by atoms with Crippen LogP contribution in [0.4, 0.5) is 5.69 Å². The van der Waals surface area contributed by atoms with E-state index in [0.29, 0.717) is 47.6 Å². The van der Waals surface area contributed by atoms with E-state index in [1.165, 1.54) is 18.1 Å². The SMILES string of the molecule is O=C(CN(Sc1ccc(Oc2ccc(Cl)cc2)cc1)c1cccn(O)c1=O)N1CCOCC1. The minimum Gasteiger partial charge on any atom is -0.457 e. The van der Waals surface area contributed by atoms with Crippen molar-refractivity contribution < 1.29 is 19.5 Å². The number of benzene rings is 2. The van der Waals surface area contributed by atoms with Crippen LogP contribution in [0.2, 0.25) is 5.02 Å². The first-order chi connectivity index (χ1) is 16.0. The highest BCUT2D eigenvalue weighted by Gasteiger charge is 2.23. The molecule has 0 atom stereocenters. The van der Waals surface area contributed by atoms with E-state index in [2.05, 4.69) is 0 Å². The lowest BCUT2D eigenvalue weighted by Gasteiger charge is -2.30. The molecule has 172 valence electrons. The highest BCUT2D eigenvalue weighted by molar-refractivity contribution is 8.00. The van der Waals surface area contributed by atoms with E-state index in [9.17, 15) is 14.8 Å². The summed E-state index contributed by atoms with van der Waals surface area (Å²) in [6, 6.07) is 17.4. The highest BCUT2D eigenvalue weighted by atomic mass is 35.5. The molecule has 1 N–H and O–H groups in total. The van der Waals surface area contributed by atoms with Crippen LogP contribution in [0.25, 0.3) is 0 Å². The quantitative estimate of drug-likeness (QED) is 0.399. The number of carbonyl (C=O) groups is 1. The molecule has 4 rings (SSSR count). The topological polar surface area (TPSA) is 84.2 Å². The van der Waals surface area contributed by atoms with Crippen LogP contribution >= 0.6 is 23.5 Å². The van der Waals surface area contributed by atoms with Gasteiger partial charge in [-0.3, -0.25) is 13.9 Å². The Morgan fingerprint density at radius 1 is 1.06 bits per heavy atom. The Balaban J connectivity index is 1.51. The smallest absolute Gasteiger partial charge is 0.307 e. The molecule has 2 aromatic carbocycles. The van der Waals surface area contributed by atoms with E-state index in [1.807, 2.05) is 12.1 Å². The first kappa shape index (κ1) is 23.0. The van der Waals surface area contributed by atoms with Gasteiger partial charge in [-0.25, -0.2) is 0 Å². The molecule has 1 aliphatic rings. The number of nitrogens with zero attached hydrogens (tertiary/aromatic N) is 3. The molecular weight excluding hydrogens is 466 g/mol. The van der Waals surface area contributed by atoms with Crippen molar-refractivity contribution in [3.8, 4) is 11.5 Å². The number of pyridine rings is 1. The van der Waals surface area contributed by atoms with Crippen molar-refractivity contribution in [3.63, 3.8) is 0 Å². The number of morpholine rings is 1. The predicted molar refractivity (Wildman–Crippen MR) is 126 cm³/mol. The highest BCUT2D eigenvalue weighted by Crippen LogP contribution is 2.30. The number of amides is 1. The lowest BCUT2D eigenvalue weighted by molar-refractivity contribution is -0.133. The number of hydrogen-bond acceptors (Lipinski definition) is 7. The van der Waals surface area contributed by atoms with Gasteiger partial charge in [0.1, 0.15) is 23.7 Å². The van der Waals surface area contributed by atoms with Crippen LogP contribution in [-0.2, 0) is 9.53 Å². The van der Waals surface area contributed by atoms with Crippen LogP contribution in [-0.4, -0.2) is 53.6 Å². The molecule has 10 heteroatoms. The van der Waals surface area contributed by atoms with E-state index in [4.69, 9.17) is 21.1 Å². The molecule has 2 heterocycles. The summed E-state index contributed by atoms with van der Waals surface area (Å²) in [4.78, 5) is 27.9. The molecule has 1 saturated heterocycles. The summed E-state index contributed by atoms with van der Waals surface area (Å²) >= 11 is 7.14. The maximum Gasteiger partial charge on any atom is 0.307 e. The van der Waals surface area contributed by atoms with Gasteiger partial charge in [0, 0.05) is 29.2 Å². The Morgan fingerprint density at radius 3 is 2.36 bits per heavy atom. The van der Waals surface area contributed by atoms with Gasteiger partial charge in [0.05, 0.1) is 13.2 Å². The number of anilines is 1. The molecule has 33 heavy (non-hydrogen) atoms. The van der Waals surface area contributed by atoms with Gasteiger partial charge in [-0.2, -0.15) is 4.73 Å². The molecule has 1 aromatic heterocycles. The van der Waals surface area contributed by atoms with E-state index >= 15 is 0 Å². The van der Waals surface area contributed by atoms with Crippen molar-refractivity contribution in [2.24, 2.45) is 0 Å². The van der Waals surface area contributed by atoms with Crippen molar-refractivity contribution in [1.29, 1.82) is 0 Å². The second-order valence-electron chi connectivity index (χ2n) is 7.19. The number of rotatable bonds is 7. The molecule has 0 unspecified atom stereocenters. The fourth-order valence-electron chi connectivity index (χ4n) is 3.20. The minimum absolute atomic E-state index is 0.0348. The molecule has 1 amide bonds. The summed E-state index contributed by atoms with van der Waals surface area (Å²) in [5.41, 5.74) is -0.407. The van der Waals surface area contributed by atoms with Gasteiger partial charge in [0.15, 0.2) is 0 Å². The molecule has 0 spiro atoms. The summed E-state index contributed by atoms with van der Waals surface area (Å²) in [5.74, 6) is 1.17. The predicted octanol–water partition coefficient (Wildman–Crippen LogP) is 3.90. The maximum absolute atomic E-state index is 12.9. The first-order valence-electron chi connectivity index (χ1n) is 10.2. The molecular formula is C23H22ClN3O5S. The summed E-state index contributed by atoms with van der Waals surface area (Å²) in [5, 5.41) is 10.5. The van der Waals surface area contributed by atoms with Crippen LogP contribution in [0.5, 0.6) is 11.5 Å². The average Bonchev–Trinajstić information content (AvgIpc) is 2.83. The number of ether oxygens (including phenoxy) is 2. The normalized spacial score (nSPS) is 13.5. The number of hydrogen-bond donors (Lipinski definition) is 1. The van der Waals surface area contributed by atoms with Gasteiger partial charge >= 0.3 is 5.56 Å². The standard InChI is InChI=1S/C23H22ClN3O5S/c24-17-3-5-18(6-4-17)32-19-7-9-20(10-8-19)33-27(21-2-1-11-26(30)23(21)29)16-22(28)25-12-14-31-15-13-25/h1-11,30H,12-16H2. The molecule has 8 nitrogen and oxygen atoms in total. The molecule has 1 fully saturated rings. The third kappa shape index (κ3) is 6.01. The van der Waals surface area contributed by atoms with Crippen molar-refractivity contribution in [1.82, 2.24) is 9.63 Å². The van der Waals surface area contributed by atoms with Crippen LogP contribution < -0.4 is 14.6 Å². The van der Waals surface area contributed by atoms with Crippen LogP contribution in [0, 0.1) is 0 Å². The maximum atomic E-state index is 12.9. The van der Waals surface area contributed by atoms with Gasteiger partial charge in [-0.1, -0.05) is 11.6 Å². The Bertz CT molecular complexity index is 1150. The lowest BCUT2D eigenvalue weighted by Crippen LogP contribution is -2.45. The van der Waals surface area contributed by atoms with Gasteiger partial charge in [-0.05, 0) is 72.6 Å². The second-order valence-corrected chi connectivity index (χ2v) is 8.72. The monoisotopic (exact) mass is 487 g/mol. The Hall–Kier alpha value is -3.14. The molecule has 0 bridgehead atoms. The minimum atomic E-state index is -0.609. The number of carbonyl (C=O) groups excluding carboxylic acids is 1. The Kier molecular flexibility index (Phi) is 7.43. The zero-order valence-electron chi connectivity index (χ0n) is 17.6. The third-order valence-electron chi connectivity index (χ3n) is 4.91. The average molecular weight is 488 g/mol. The third-order valence-corrected chi connectivity index (χ3v) is 6.19. The molecule has 3 aromatic rings. The van der Waals surface area contributed by atoms with Crippen LogP contribution in [0.1, 0.15) is 0 Å². The summed E-state index contributed by atoms with van der Waals surface area (Å²) in [6.45, 7) is 1.96. The van der Waals surface area contributed by atoms with Gasteiger partial charge in [0.25, 0.3) is 0 Å². The van der Waals surface area contributed by atoms with Crippen molar-refractivity contribution in [2.45, 2.75) is 4.90 Å². The van der Waals surface area contributed by atoms with E-state index in [-0.39, 0.29) is 18.1 Å². The zero-order chi connectivity index (χ0) is 23.2. The fraction of sp³-hybridized carbons (Fsp3) is 0.217. The summed E-state index contributed by atoms with van der Waals surface area (Å²) < 4.78 is 13.2.